The molecule has 2 N–H and O–H groups in total. The lowest BCUT2D eigenvalue weighted by Gasteiger charge is -2.11. The molecule has 1 atom stereocenters. The Balaban J connectivity index is 3.01. The minimum atomic E-state index is -3.77. The van der Waals surface area contributed by atoms with E-state index in [2.05, 4.69) is 20.7 Å². The zero-order chi connectivity index (χ0) is 16.2. The van der Waals surface area contributed by atoms with Crippen LogP contribution in [0, 0.1) is 0 Å². The fourth-order valence-corrected chi connectivity index (χ4v) is 3.73. The van der Waals surface area contributed by atoms with E-state index in [9.17, 15) is 13.2 Å². The lowest BCUT2D eigenvalue weighted by atomic mass is 10.2. The molecule has 21 heavy (non-hydrogen) atoms. The molecule has 0 saturated heterocycles. The summed E-state index contributed by atoms with van der Waals surface area (Å²) in [5, 5.41) is 9.34. The third-order valence-electron chi connectivity index (χ3n) is 2.79. The fourth-order valence-electron chi connectivity index (χ4n) is 1.47. The first-order valence-electron chi connectivity index (χ1n) is 5.94. The number of halogens is 2. The second kappa shape index (κ2) is 7.82. The zero-order valence-corrected chi connectivity index (χ0v) is 15.4. The van der Waals surface area contributed by atoms with Crippen LogP contribution in [-0.4, -0.2) is 37.5 Å². The number of hydrogen-bond acceptors (Lipinski definition) is 4. The minimum absolute atomic E-state index is 0.0301. The van der Waals surface area contributed by atoms with Crippen LogP contribution in [0.4, 0.5) is 0 Å². The number of thioether (sulfide) groups is 1. The van der Waals surface area contributed by atoms with Gasteiger partial charge in [0, 0.05) is 16.3 Å². The van der Waals surface area contributed by atoms with Crippen molar-refractivity contribution in [3.63, 3.8) is 0 Å². The van der Waals surface area contributed by atoms with Crippen LogP contribution in [0.15, 0.2) is 21.5 Å². The molecule has 0 aliphatic heterocycles. The van der Waals surface area contributed by atoms with Crippen molar-refractivity contribution in [2.24, 2.45) is 0 Å². The summed E-state index contributed by atoms with van der Waals surface area (Å²) in [6, 6.07) is 2.34. The lowest BCUT2D eigenvalue weighted by Crippen LogP contribution is -2.26. The summed E-state index contributed by atoms with van der Waals surface area (Å²) in [6.45, 7) is 2.29. The fraction of sp³-hybridized carbons (Fsp3) is 0.417. The third-order valence-corrected chi connectivity index (χ3v) is 6.53. The molecule has 5 nitrogen and oxygen atoms in total. The van der Waals surface area contributed by atoms with E-state index in [1.165, 1.54) is 6.07 Å². The molecule has 0 aromatic heterocycles. The molecule has 0 aliphatic rings. The number of nitrogens with one attached hydrogen (secondary N) is 1. The van der Waals surface area contributed by atoms with Gasteiger partial charge in [0.15, 0.2) is 0 Å². The maximum atomic E-state index is 12.2. The van der Waals surface area contributed by atoms with Crippen molar-refractivity contribution >= 4 is 55.3 Å². The summed E-state index contributed by atoms with van der Waals surface area (Å²) in [7, 11) is -3.77. The number of sulfonamides is 1. The van der Waals surface area contributed by atoms with Gasteiger partial charge in [0.1, 0.15) is 0 Å². The highest BCUT2D eigenvalue weighted by atomic mass is 79.9. The number of rotatable bonds is 7. The van der Waals surface area contributed by atoms with Gasteiger partial charge in [0.2, 0.25) is 10.0 Å². The summed E-state index contributed by atoms with van der Waals surface area (Å²) < 4.78 is 27.0. The zero-order valence-electron chi connectivity index (χ0n) is 11.4. The third kappa shape index (κ3) is 5.14. The Hall–Kier alpha value is -0.280. The molecular formula is C12H15BrClNO4S2. The van der Waals surface area contributed by atoms with Crippen LogP contribution in [0.3, 0.4) is 0 Å². The Kier molecular flexibility index (Phi) is 6.99. The molecule has 0 heterocycles. The Morgan fingerprint density at radius 3 is 2.67 bits per heavy atom. The SMILES string of the molecule is CSC(C)CCNS(=O)(=O)c1cc(Br)c(Cl)c(C(=O)O)c1. The number of hydrogen-bond donors (Lipinski definition) is 2. The molecule has 0 aliphatic carbocycles. The smallest absolute Gasteiger partial charge is 0.337 e. The summed E-state index contributed by atoms with van der Waals surface area (Å²) in [5.74, 6) is -1.28. The van der Waals surface area contributed by atoms with Crippen LogP contribution in [0.1, 0.15) is 23.7 Å². The molecule has 0 radical (unpaired) electrons. The van der Waals surface area contributed by atoms with E-state index in [1.807, 2.05) is 13.2 Å². The minimum Gasteiger partial charge on any atom is -0.478 e. The quantitative estimate of drug-likeness (QED) is 0.713. The average Bonchev–Trinajstić information content (AvgIpc) is 2.40. The second-order valence-corrected chi connectivity index (χ2v) is 8.58. The second-order valence-electron chi connectivity index (χ2n) is 4.30. The maximum absolute atomic E-state index is 12.2. The number of benzene rings is 1. The van der Waals surface area contributed by atoms with E-state index in [4.69, 9.17) is 16.7 Å². The van der Waals surface area contributed by atoms with Crippen LogP contribution < -0.4 is 4.72 Å². The monoisotopic (exact) mass is 415 g/mol. The lowest BCUT2D eigenvalue weighted by molar-refractivity contribution is 0.0696. The average molecular weight is 417 g/mol. The predicted molar refractivity (Wildman–Crippen MR) is 88.9 cm³/mol. The predicted octanol–water partition coefficient (Wildman–Crippen LogP) is 3.22. The van der Waals surface area contributed by atoms with Gasteiger partial charge in [-0.15, -0.1) is 0 Å². The maximum Gasteiger partial charge on any atom is 0.337 e. The normalized spacial score (nSPS) is 13.1. The standard InChI is InChI=1S/C12H15BrClNO4S2/c1-7(20-2)3-4-15-21(18,19)8-5-9(12(16)17)11(14)10(13)6-8/h5-7,15H,3-4H2,1-2H3,(H,16,17). The van der Waals surface area contributed by atoms with Crippen molar-refractivity contribution < 1.29 is 18.3 Å². The van der Waals surface area contributed by atoms with Crippen molar-refractivity contribution in [2.75, 3.05) is 12.8 Å². The Labute approximate surface area is 141 Å². The van der Waals surface area contributed by atoms with Gasteiger partial charge in [-0.25, -0.2) is 17.9 Å². The number of aromatic carboxylic acids is 1. The number of carbonyl (C=O) groups is 1. The van der Waals surface area contributed by atoms with Gasteiger partial charge in [-0.1, -0.05) is 18.5 Å². The van der Waals surface area contributed by atoms with Crippen molar-refractivity contribution in [3.8, 4) is 0 Å². The summed E-state index contributed by atoms with van der Waals surface area (Å²) >= 11 is 10.5. The van der Waals surface area contributed by atoms with Crippen LogP contribution in [0.25, 0.3) is 0 Å². The Morgan fingerprint density at radius 1 is 1.52 bits per heavy atom. The molecule has 0 fully saturated rings. The van der Waals surface area contributed by atoms with Crippen molar-refractivity contribution in [1.82, 2.24) is 4.72 Å². The Bertz CT molecular complexity index is 636. The van der Waals surface area contributed by atoms with E-state index in [-0.39, 0.29) is 26.5 Å². The number of carboxylic acids is 1. The van der Waals surface area contributed by atoms with E-state index in [0.717, 1.165) is 6.07 Å². The molecule has 0 saturated carbocycles. The molecule has 118 valence electrons. The molecule has 1 aromatic rings. The Morgan fingerprint density at radius 2 is 2.14 bits per heavy atom. The highest BCUT2D eigenvalue weighted by Crippen LogP contribution is 2.29. The van der Waals surface area contributed by atoms with E-state index in [0.29, 0.717) is 11.7 Å². The largest absolute Gasteiger partial charge is 0.478 e. The summed E-state index contributed by atoms with van der Waals surface area (Å²) in [4.78, 5) is 10.9. The topological polar surface area (TPSA) is 83.5 Å². The van der Waals surface area contributed by atoms with Gasteiger partial charge in [0.05, 0.1) is 15.5 Å². The van der Waals surface area contributed by atoms with Gasteiger partial charge >= 0.3 is 5.97 Å². The van der Waals surface area contributed by atoms with Crippen LogP contribution >= 0.6 is 39.3 Å². The molecule has 1 unspecified atom stereocenters. The molecule has 0 bridgehead atoms. The van der Waals surface area contributed by atoms with E-state index >= 15 is 0 Å². The molecular weight excluding hydrogens is 402 g/mol. The van der Waals surface area contributed by atoms with Gasteiger partial charge in [-0.2, -0.15) is 11.8 Å². The van der Waals surface area contributed by atoms with Crippen molar-refractivity contribution in [3.05, 3.63) is 27.2 Å². The van der Waals surface area contributed by atoms with E-state index in [1.54, 1.807) is 11.8 Å². The number of carboxylic acid groups (broad SMARTS) is 1. The first kappa shape index (κ1) is 18.8. The highest BCUT2D eigenvalue weighted by molar-refractivity contribution is 9.10. The molecule has 0 spiro atoms. The molecule has 1 rings (SSSR count). The van der Waals surface area contributed by atoms with Gasteiger partial charge in [-0.05, 0) is 40.7 Å². The first-order chi connectivity index (χ1) is 9.69. The van der Waals surface area contributed by atoms with Crippen LogP contribution in [0.5, 0.6) is 0 Å². The molecule has 0 amide bonds. The van der Waals surface area contributed by atoms with Gasteiger partial charge < -0.3 is 5.11 Å². The summed E-state index contributed by atoms with van der Waals surface area (Å²) in [5.41, 5.74) is -0.260. The molecule has 1 aromatic carbocycles. The van der Waals surface area contributed by atoms with Crippen LogP contribution in [0.2, 0.25) is 5.02 Å². The van der Waals surface area contributed by atoms with Crippen LogP contribution in [-0.2, 0) is 10.0 Å². The first-order valence-corrected chi connectivity index (χ1v) is 9.88. The van der Waals surface area contributed by atoms with Gasteiger partial charge in [-0.3, -0.25) is 0 Å². The highest BCUT2D eigenvalue weighted by Gasteiger charge is 2.20. The van der Waals surface area contributed by atoms with Gasteiger partial charge in [0.25, 0.3) is 0 Å². The summed E-state index contributed by atoms with van der Waals surface area (Å²) in [6.07, 6.45) is 2.63. The van der Waals surface area contributed by atoms with Crippen molar-refractivity contribution in [1.29, 1.82) is 0 Å². The van der Waals surface area contributed by atoms with E-state index < -0.39 is 16.0 Å². The molecule has 9 heteroatoms. The van der Waals surface area contributed by atoms with Crippen molar-refractivity contribution in [2.45, 2.75) is 23.5 Å².